The van der Waals surface area contributed by atoms with E-state index in [-0.39, 0.29) is 12.5 Å². The van der Waals surface area contributed by atoms with Crippen LogP contribution in [0.3, 0.4) is 0 Å². The van der Waals surface area contributed by atoms with E-state index >= 15 is 0 Å². The van der Waals surface area contributed by atoms with Crippen molar-refractivity contribution in [1.82, 2.24) is 5.32 Å². The summed E-state index contributed by atoms with van der Waals surface area (Å²) in [5.74, 6) is -0.0496. The van der Waals surface area contributed by atoms with Gasteiger partial charge in [-0.15, -0.1) is 0 Å². The highest BCUT2D eigenvalue weighted by Gasteiger charge is 2.03. The molecule has 0 aliphatic rings. The average Bonchev–Trinajstić information content (AvgIpc) is 2.24. The average molecular weight is 319 g/mol. The van der Waals surface area contributed by atoms with E-state index < -0.39 is 0 Å². The normalized spacial score (nSPS) is 10.0. The van der Waals surface area contributed by atoms with Crippen LogP contribution in [-0.4, -0.2) is 24.2 Å². The van der Waals surface area contributed by atoms with Crippen LogP contribution in [0.2, 0.25) is 0 Å². The molecule has 1 aromatic carbocycles. The molecule has 0 atom stereocenters. The number of unbranched alkanes of at least 4 members (excludes halogenated alkanes) is 1. The summed E-state index contributed by atoms with van der Waals surface area (Å²) in [6.45, 7) is 0.796. The van der Waals surface area contributed by atoms with Crippen molar-refractivity contribution in [1.29, 1.82) is 0 Å². The maximum atomic E-state index is 11.6. The number of nitrogens with one attached hydrogen (secondary N) is 1. The Kier molecular flexibility index (Phi) is 5.63. The molecule has 0 aromatic heterocycles. The number of hydrogen-bond donors (Lipinski definition) is 2. The number of halogens is 1. The van der Waals surface area contributed by atoms with Crippen LogP contribution >= 0.6 is 22.6 Å². The number of aliphatic hydroxyl groups is 1. The Labute approximate surface area is 103 Å². The maximum Gasteiger partial charge on any atom is 0.251 e. The van der Waals surface area contributed by atoms with Gasteiger partial charge in [-0.1, -0.05) is 6.07 Å². The van der Waals surface area contributed by atoms with Gasteiger partial charge in [0.2, 0.25) is 0 Å². The second-order valence-electron chi connectivity index (χ2n) is 3.20. The van der Waals surface area contributed by atoms with E-state index in [2.05, 4.69) is 27.9 Å². The van der Waals surface area contributed by atoms with Gasteiger partial charge in [0.25, 0.3) is 5.91 Å². The van der Waals surface area contributed by atoms with Crippen LogP contribution in [0.1, 0.15) is 23.2 Å². The Balaban J connectivity index is 2.40. The molecule has 1 rings (SSSR count). The van der Waals surface area contributed by atoms with Crippen molar-refractivity contribution >= 4 is 28.5 Å². The number of amides is 1. The highest BCUT2D eigenvalue weighted by Crippen LogP contribution is 2.07. The number of rotatable bonds is 5. The minimum Gasteiger partial charge on any atom is -0.396 e. The highest BCUT2D eigenvalue weighted by atomic mass is 127. The molecule has 0 unspecified atom stereocenters. The first-order valence-electron chi connectivity index (χ1n) is 4.88. The third kappa shape index (κ3) is 4.61. The predicted molar refractivity (Wildman–Crippen MR) is 67.8 cm³/mol. The quantitative estimate of drug-likeness (QED) is 0.642. The molecule has 3 nitrogen and oxygen atoms in total. The van der Waals surface area contributed by atoms with Gasteiger partial charge < -0.3 is 10.4 Å². The molecule has 4 heteroatoms. The second kappa shape index (κ2) is 6.79. The third-order valence-electron chi connectivity index (χ3n) is 1.96. The van der Waals surface area contributed by atoms with Gasteiger partial charge in [0.1, 0.15) is 0 Å². The predicted octanol–water partition coefficient (Wildman–Crippen LogP) is 1.79. The summed E-state index contributed by atoms with van der Waals surface area (Å²) in [4.78, 5) is 11.6. The molecule has 15 heavy (non-hydrogen) atoms. The number of hydrogen-bond acceptors (Lipinski definition) is 2. The molecule has 0 fully saturated rings. The zero-order valence-corrected chi connectivity index (χ0v) is 10.5. The molecular formula is C11H14INO2. The lowest BCUT2D eigenvalue weighted by Gasteiger charge is -2.04. The van der Waals surface area contributed by atoms with Crippen molar-refractivity contribution in [3.8, 4) is 0 Å². The van der Waals surface area contributed by atoms with Crippen LogP contribution < -0.4 is 5.32 Å². The van der Waals surface area contributed by atoms with Gasteiger partial charge in [-0.05, 0) is 53.6 Å². The van der Waals surface area contributed by atoms with Gasteiger partial charge in [0.15, 0.2) is 0 Å². The topological polar surface area (TPSA) is 49.3 Å². The van der Waals surface area contributed by atoms with Crippen molar-refractivity contribution in [3.05, 3.63) is 33.4 Å². The van der Waals surface area contributed by atoms with E-state index in [0.29, 0.717) is 12.1 Å². The van der Waals surface area contributed by atoms with Crippen molar-refractivity contribution in [2.75, 3.05) is 13.2 Å². The molecule has 82 valence electrons. The lowest BCUT2D eigenvalue weighted by molar-refractivity contribution is 0.0952. The van der Waals surface area contributed by atoms with E-state index in [0.717, 1.165) is 16.4 Å². The van der Waals surface area contributed by atoms with Crippen LogP contribution in [0.5, 0.6) is 0 Å². The van der Waals surface area contributed by atoms with Crippen molar-refractivity contribution in [2.45, 2.75) is 12.8 Å². The molecule has 0 heterocycles. The fraction of sp³-hybridized carbons (Fsp3) is 0.364. The highest BCUT2D eigenvalue weighted by molar-refractivity contribution is 14.1. The van der Waals surface area contributed by atoms with Crippen LogP contribution in [0, 0.1) is 3.57 Å². The smallest absolute Gasteiger partial charge is 0.251 e. The first-order chi connectivity index (χ1) is 7.24. The summed E-state index contributed by atoms with van der Waals surface area (Å²) in [6.07, 6.45) is 1.54. The number of carbonyl (C=O) groups excluding carboxylic acids is 1. The first-order valence-corrected chi connectivity index (χ1v) is 5.96. The van der Waals surface area contributed by atoms with Gasteiger partial charge in [0.05, 0.1) is 0 Å². The fourth-order valence-electron chi connectivity index (χ4n) is 1.17. The van der Waals surface area contributed by atoms with E-state index in [9.17, 15) is 4.79 Å². The Morgan fingerprint density at radius 1 is 1.40 bits per heavy atom. The van der Waals surface area contributed by atoms with E-state index in [1.165, 1.54) is 0 Å². The summed E-state index contributed by atoms with van der Waals surface area (Å²) in [5.41, 5.74) is 0.686. The van der Waals surface area contributed by atoms with E-state index in [1.807, 2.05) is 18.2 Å². The van der Waals surface area contributed by atoms with Gasteiger partial charge in [0, 0.05) is 22.3 Å². The Hall–Kier alpha value is -0.620. The van der Waals surface area contributed by atoms with Crippen molar-refractivity contribution < 1.29 is 9.90 Å². The van der Waals surface area contributed by atoms with Crippen molar-refractivity contribution in [3.63, 3.8) is 0 Å². The molecule has 0 aliphatic carbocycles. The van der Waals surface area contributed by atoms with E-state index in [4.69, 9.17) is 5.11 Å². The van der Waals surface area contributed by atoms with Gasteiger partial charge >= 0.3 is 0 Å². The monoisotopic (exact) mass is 319 g/mol. The molecule has 1 amide bonds. The zero-order chi connectivity index (χ0) is 11.1. The van der Waals surface area contributed by atoms with Crippen LogP contribution in [-0.2, 0) is 0 Å². The number of carbonyl (C=O) groups is 1. The van der Waals surface area contributed by atoms with Crippen LogP contribution in [0.15, 0.2) is 24.3 Å². The number of aliphatic hydroxyl groups excluding tert-OH is 1. The second-order valence-corrected chi connectivity index (χ2v) is 4.44. The zero-order valence-electron chi connectivity index (χ0n) is 8.37. The lowest BCUT2D eigenvalue weighted by atomic mass is 10.2. The largest absolute Gasteiger partial charge is 0.396 e. The SMILES string of the molecule is O=C(NCCCCO)c1cccc(I)c1. The summed E-state index contributed by atoms with van der Waals surface area (Å²) in [5, 5.41) is 11.4. The van der Waals surface area contributed by atoms with Gasteiger partial charge in [-0.3, -0.25) is 4.79 Å². The molecule has 2 N–H and O–H groups in total. The standard InChI is InChI=1S/C11H14INO2/c12-10-5-3-4-9(8-10)11(15)13-6-1-2-7-14/h3-5,8,14H,1-2,6-7H2,(H,13,15). The molecule has 1 aromatic rings. The van der Waals surface area contributed by atoms with Gasteiger partial charge in [-0.2, -0.15) is 0 Å². The summed E-state index contributed by atoms with van der Waals surface area (Å²) >= 11 is 2.18. The summed E-state index contributed by atoms with van der Waals surface area (Å²) in [7, 11) is 0. The Morgan fingerprint density at radius 3 is 2.87 bits per heavy atom. The summed E-state index contributed by atoms with van der Waals surface area (Å²) < 4.78 is 1.05. The molecule has 0 saturated heterocycles. The molecule has 0 radical (unpaired) electrons. The summed E-state index contributed by atoms with van der Waals surface area (Å²) in [6, 6.07) is 7.46. The molecular weight excluding hydrogens is 305 g/mol. The van der Waals surface area contributed by atoms with E-state index in [1.54, 1.807) is 6.07 Å². The third-order valence-corrected chi connectivity index (χ3v) is 2.63. The minimum absolute atomic E-state index is 0.0496. The lowest BCUT2D eigenvalue weighted by Crippen LogP contribution is -2.24. The maximum absolute atomic E-state index is 11.6. The molecule has 0 saturated carbocycles. The fourth-order valence-corrected chi connectivity index (χ4v) is 1.71. The van der Waals surface area contributed by atoms with Crippen LogP contribution in [0.25, 0.3) is 0 Å². The van der Waals surface area contributed by atoms with Crippen LogP contribution in [0.4, 0.5) is 0 Å². The molecule has 0 bridgehead atoms. The first kappa shape index (κ1) is 12.4. The van der Waals surface area contributed by atoms with Gasteiger partial charge in [-0.25, -0.2) is 0 Å². The number of benzene rings is 1. The Bertz CT molecular complexity index is 328. The molecule has 0 aliphatic heterocycles. The van der Waals surface area contributed by atoms with Crippen molar-refractivity contribution in [2.24, 2.45) is 0 Å². The molecule has 0 spiro atoms. The minimum atomic E-state index is -0.0496. The Morgan fingerprint density at radius 2 is 2.20 bits per heavy atom.